The third kappa shape index (κ3) is 4.71. The zero-order valence-corrected chi connectivity index (χ0v) is 15.5. The Balaban J connectivity index is 1.69. The molecule has 0 aliphatic heterocycles. The van der Waals surface area contributed by atoms with Crippen LogP contribution in [0.1, 0.15) is 31.8 Å². The summed E-state index contributed by atoms with van der Waals surface area (Å²) < 4.78 is 0. The van der Waals surface area contributed by atoms with E-state index in [0.29, 0.717) is 22.8 Å². The molecule has 1 aromatic heterocycles. The molecule has 0 unspecified atom stereocenters. The van der Waals surface area contributed by atoms with E-state index in [1.54, 1.807) is 24.3 Å². The molecule has 2 amide bonds. The van der Waals surface area contributed by atoms with Crippen molar-refractivity contribution in [2.24, 2.45) is 0 Å². The SMILES string of the molecule is Cc1ccccc1CNC(=O)c1cncc(C(=O)Nc2ccccc2Cl)c1. The van der Waals surface area contributed by atoms with Crippen molar-refractivity contribution >= 4 is 29.1 Å². The number of para-hydroxylation sites is 1. The van der Waals surface area contributed by atoms with E-state index in [4.69, 9.17) is 11.6 Å². The van der Waals surface area contributed by atoms with Crippen molar-refractivity contribution in [3.05, 3.63) is 94.3 Å². The van der Waals surface area contributed by atoms with Crippen LogP contribution in [0.2, 0.25) is 5.02 Å². The number of carbonyl (C=O) groups excluding carboxylic acids is 2. The molecule has 1 heterocycles. The average molecular weight is 380 g/mol. The number of hydrogen-bond acceptors (Lipinski definition) is 3. The summed E-state index contributed by atoms with van der Waals surface area (Å²) in [6, 6.07) is 16.3. The summed E-state index contributed by atoms with van der Waals surface area (Å²) in [5.74, 6) is -0.678. The molecule has 3 rings (SSSR count). The van der Waals surface area contributed by atoms with E-state index in [0.717, 1.165) is 11.1 Å². The Hall–Kier alpha value is -3.18. The van der Waals surface area contributed by atoms with Crippen LogP contribution < -0.4 is 10.6 Å². The second-order valence-corrected chi connectivity index (χ2v) is 6.41. The minimum absolute atomic E-state index is 0.276. The molecule has 0 aliphatic carbocycles. The highest BCUT2D eigenvalue weighted by molar-refractivity contribution is 6.33. The molecule has 6 heteroatoms. The van der Waals surface area contributed by atoms with Crippen LogP contribution in [0.4, 0.5) is 5.69 Å². The van der Waals surface area contributed by atoms with Gasteiger partial charge in [-0.3, -0.25) is 14.6 Å². The largest absolute Gasteiger partial charge is 0.348 e. The van der Waals surface area contributed by atoms with E-state index in [2.05, 4.69) is 15.6 Å². The number of benzene rings is 2. The number of carbonyl (C=O) groups is 2. The Morgan fingerprint density at radius 2 is 1.63 bits per heavy atom. The van der Waals surface area contributed by atoms with Gasteiger partial charge in [-0.15, -0.1) is 0 Å². The standard InChI is InChI=1S/C21H18ClN3O2/c1-14-6-2-3-7-15(14)13-24-20(26)16-10-17(12-23-11-16)21(27)25-19-9-5-4-8-18(19)22/h2-12H,13H2,1H3,(H,24,26)(H,25,27). The third-order valence-corrected chi connectivity index (χ3v) is 4.41. The summed E-state index contributed by atoms with van der Waals surface area (Å²) in [7, 11) is 0. The van der Waals surface area contributed by atoms with Gasteiger partial charge >= 0.3 is 0 Å². The second-order valence-electron chi connectivity index (χ2n) is 6.01. The van der Waals surface area contributed by atoms with Crippen molar-refractivity contribution < 1.29 is 9.59 Å². The van der Waals surface area contributed by atoms with Gasteiger partial charge in [0.05, 0.1) is 21.8 Å². The molecule has 0 bridgehead atoms. The van der Waals surface area contributed by atoms with E-state index in [-0.39, 0.29) is 17.4 Å². The molecule has 3 aromatic rings. The summed E-state index contributed by atoms with van der Waals surface area (Å²) in [5, 5.41) is 6.00. The fourth-order valence-electron chi connectivity index (χ4n) is 2.53. The van der Waals surface area contributed by atoms with Gasteiger partial charge in [-0.1, -0.05) is 48.0 Å². The Bertz CT molecular complexity index is 988. The van der Waals surface area contributed by atoms with Crippen LogP contribution in [0.5, 0.6) is 0 Å². The second kappa shape index (κ2) is 8.47. The van der Waals surface area contributed by atoms with Gasteiger partial charge in [0.15, 0.2) is 0 Å². The van der Waals surface area contributed by atoms with Crippen LogP contribution in [0.3, 0.4) is 0 Å². The number of anilines is 1. The van der Waals surface area contributed by atoms with Crippen molar-refractivity contribution in [2.75, 3.05) is 5.32 Å². The van der Waals surface area contributed by atoms with Crippen molar-refractivity contribution in [3.8, 4) is 0 Å². The van der Waals surface area contributed by atoms with Crippen molar-refractivity contribution in [1.82, 2.24) is 10.3 Å². The predicted octanol–water partition coefficient (Wildman–Crippen LogP) is 4.23. The van der Waals surface area contributed by atoms with Gasteiger partial charge < -0.3 is 10.6 Å². The lowest BCUT2D eigenvalue weighted by Crippen LogP contribution is -2.24. The van der Waals surface area contributed by atoms with Crippen LogP contribution in [0, 0.1) is 6.92 Å². The number of nitrogens with one attached hydrogen (secondary N) is 2. The normalized spacial score (nSPS) is 10.3. The zero-order valence-electron chi connectivity index (χ0n) is 14.7. The molecule has 0 saturated carbocycles. The van der Waals surface area contributed by atoms with Gasteiger partial charge in [0.1, 0.15) is 0 Å². The number of hydrogen-bond donors (Lipinski definition) is 2. The maximum absolute atomic E-state index is 12.4. The van der Waals surface area contributed by atoms with Gasteiger partial charge in [0.25, 0.3) is 11.8 Å². The summed E-state index contributed by atoms with van der Waals surface area (Å²) >= 11 is 6.06. The Morgan fingerprint density at radius 3 is 2.37 bits per heavy atom. The zero-order chi connectivity index (χ0) is 19.2. The first-order valence-electron chi connectivity index (χ1n) is 8.38. The molecule has 0 aliphatic rings. The molecule has 0 spiro atoms. The number of aryl methyl sites for hydroxylation is 1. The lowest BCUT2D eigenvalue weighted by atomic mass is 10.1. The summed E-state index contributed by atoms with van der Waals surface area (Å²) in [4.78, 5) is 28.8. The average Bonchev–Trinajstić information content (AvgIpc) is 2.69. The first kappa shape index (κ1) is 18.6. The monoisotopic (exact) mass is 379 g/mol. The quantitative estimate of drug-likeness (QED) is 0.697. The molecule has 5 nitrogen and oxygen atoms in total. The van der Waals surface area contributed by atoms with Gasteiger partial charge in [-0.25, -0.2) is 0 Å². The molecule has 0 radical (unpaired) electrons. The van der Waals surface area contributed by atoms with E-state index >= 15 is 0 Å². The molecular formula is C21H18ClN3O2. The number of aromatic nitrogens is 1. The molecule has 2 N–H and O–H groups in total. The van der Waals surface area contributed by atoms with Crippen LogP contribution in [0.15, 0.2) is 67.0 Å². The summed E-state index contributed by atoms with van der Waals surface area (Å²) in [5.41, 5.74) is 3.22. The van der Waals surface area contributed by atoms with Gasteiger partial charge in [-0.2, -0.15) is 0 Å². The van der Waals surface area contributed by atoms with E-state index < -0.39 is 0 Å². The molecule has 0 atom stereocenters. The fourth-order valence-corrected chi connectivity index (χ4v) is 2.71. The number of nitrogens with zero attached hydrogens (tertiary/aromatic N) is 1. The highest BCUT2D eigenvalue weighted by atomic mass is 35.5. The van der Waals surface area contributed by atoms with E-state index in [1.165, 1.54) is 18.5 Å². The van der Waals surface area contributed by atoms with Crippen molar-refractivity contribution in [1.29, 1.82) is 0 Å². The Kier molecular flexibility index (Phi) is 5.84. The van der Waals surface area contributed by atoms with Crippen LogP contribution in [-0.4, -0.2) is 16.8 Å². The van der Waals surface area contributed by atoms with Crippen LogP contribution >= 0.6 is 11.6 Å². The number of rotatable bonds is 5. The highest BCUT2D eigenvalue weighted by Gasteiger charge is 2.13. The van der Waals surface area contributed by atoms with Crippen LogP contribution in [-0.2, 0) is 6.54 Å². The minimum atomic E-state index is -0.385. The molecule has 0 saturated heterocycles. The minimum Gasteiger partial charge on any atom is -0.348 e. The van der Waals surface area contributed by atoms with Gasteiger partial charge in [-0.05, 0) is 36.2 Å². The van der Waals surface area contributed by atoms with Crippen LogP contribution in [0.25, 0.3) is 0 Å². The fraction of sp³-hybridized carbons (Fsp3) is 0.0952. The first-order valence-corrected chi connectivity index (χ1v) is 8.76. The Labute approximate surface area is 162 Å². The Morgan fingerprint density at radius 1 is 0.963 bits per heavy atom. The summed E-state index contributed by atoms with van der Waals surface area (Å²) in [6.07, 6.45) is 2.84. The lowest BCUT2D eigenvalue weighted by molar-refractivity contribution is 0.0950. The van der Waals surface area contributed by atoms with Gasteiger partial charge in [0.2, 0.25) is 0 Å². The van der Waals surface area contributed by atoms with E-state index in [1.807, 2.05) is 31.2 Å². The summed E-state index contributed by atoms with van der Waals surface area (Å²) in [6.45, 7) is 2.39. The number of halogens is 1. The topological polar surface area (TPSA) is 71.1 Å². The smallest absolute Gasteiger partial charge is 0.257 e. The molecule has 136 valence electrons. The maximum atomic E-state index is 12.4. The molecule has 2 aromatic carbocycles. The highest BCUT2D eigenvalue weighted by Crippen LogP contribution is 2.21. The van der Waals surface area contributed by atoms with Gasteiger partial charge in [0, 0.05) is 18.9 Å². The van der Waals surface area contributed by atoms with Crippen molar-refractivity contribution in [2.45, 2.75) is 13.5 Å². The third-order valence-electron chi connectivity index (χ3n) is 4.09. The molecule has 0 fully saturated rings. The molecule has 27 heavy (non-hydrogen) atoms. The number of amides is 2. The van der Waals surface area contributed by atoms with E-state index in [9.17, 15) is 9.59 Å². The lowest BCUT2D eigenvalue weighted by Gasteiger charge is -2.09. The number of pyridine rings is 1. The maximum Gasteiger partial charge on any atom is 0.257 e. The molecular weight excluding hydrogens is 362 g/mol. The first-order chi connectivity index (χ1) is 13.0. The van der Waals surface area contributed by atoms with Crippen molar-refractivity contribution in [3.63, 3.8) is 0 Å². The predicted molar refractivity (Wildman–Crippen MR) is 106 cm³/mol.